The monoisotopic (exact) mass is 268 g/mol. The van der Waals surface area contributed by atoms with Crippen LogP contribution in [-0.4, -0.2) is 55.0 Å². The molecule has 3 rings (SSSR count). The second-order valence-corrected chi connectivity index (χ2v) is 6.52. The normalized spacial score (nSPS) is 44.8. The Balaban J connectivity index is 1.80. The van der Waals surface area contributed by atoms with Crippen LogP contribution in [0.5, 0.6) is 0 Å². The molecule has 4 heteroatoms. The number of hydrogen-bond donors (Lipinski definition) is 1. The van der Waals surface area contributed by atoms with Gasteiger partial charge in [0.05, 0.1) is 18.8 Å². The SMILES string of the molecule is CC1CC(CN)(N2CCOC3CCCCC32)CCO1. The van der Waals surface area contributed by atoms with E-state index in [2.05, 4.69) is 11.8 Å². The lowest BCUT2D eigenvalue weighted by atomic mass is 9.80. The van der Waals surface area contributed by atoms with Gasteiger partial charge in [0.15, 0.2) is 0 Å². The van der Waals surface area contributed by atoms with Crippen LogP contribution >= 0.6 is 0 Å². The van der Waals surface area contributed by atoms with E-state index in [1.165, 1.54) is 25.7 Å². The second-order valence-electron chi connectivity index (χ2n) is 6.52. The predicted octanol–water partition coefficient (Wildman–Crippen LogP) is 1.53. The molecule has 1 aliphatic carbocycles. The molecule has 0 spiro atoms. The summed E-state index contributed by atoms with van der Waals surface area (Å²) in [7, 11) is 0. The Morgan fingerprint density at radius 1 is 1.21 bits per heavy atom. The van der Waals surface area contributed by atoms with Crippen LogP contribution in [0.1, 0.15) is 45.4 Å². The Hall–Kier alpha value is -0.160. The highest BCUT2D eigenvalue weighted by Gasteiger charge is 2.46. The number of hydrogen-bond acceptors (Lipinski definition) is 4. The Labute approximate surface area is 116 Å². The summed E-state index contributed by atoms with van der Waals surface area (Å²) in [5.41, 5.74) is 6.37. The Bertz CT molecular complexity index is 311. The molecule has 3 fully saturated rings. The summed E-state index contributed by atoms with van der Waals surface area (Å²) >= 11 is 0. The molecule has 2 aliphatic heterocycles. The van der Waals surface area contributed by atoms with Crippen molar-refractivity contribution in [1.82, 2.24) is 4.90 Å². The molecule has 0 aromatic heterocycles. The van der Waals surface area contributed by atoms with Crippen molar-refractivity contribution in [3.63, 3.8) is 0 Å². The minimum absolute atomic E-state index is 0.154. The van der Waals surface area contributed by atoms with E-state index in [0.717, 1.165) is 39.1 Å². The summed E-state index contributed by atoms with van der Waals surface area (Å²) in [4.78, 5) is 2.71. The largest absolute Gasteiger partial charge is 0.378 e. The first kappa shape index (κ1) is 13.8. The lowest BCUT2D eigenvalue weighted by molar-refractivity contribution is -0.153. The fourth-order valence-corrected chi connectivity index (χ4v) is 4.40. The third kappa shape index (κ3) is 2.56. The molecule has 110 valence electrons. The number of fused-ring (bicyclic) bond motifs is 1. The lowest BCUT2D eigenvalue weighted by Gasteiger charge is -2.55. The fourth-order valence-electron chi connectivity index (χ4n) is 4.40. The molecule has 2 N–H and O–H groups in total. The molecular weight excluding hydrogens is 240 g/mol. The van der Waals surface area contributed by atoms with E-state index in [1.807, 2.05) is 0 Å². The second kappa shape index (κ2) is 5.68. The summed E-state index contributed by atoms with van der Waals surface area (Å²) in [6.07, 6.45) is 8.11. The molecule has 4 atom stereocenters. The van der Waals surface area contributed by atoms with Crippen molar-refractivity contribution in [3.8, 4) is 0 Å². The highest BCUT2D eigenvalue weighted by molar-refractivity contribution is 5.01. The Morgan fingerprint density at radius 2 is 2.05 bits per heavy atom. The van der Waals surface area contributed by atoms with Crippen molar-refractivity contribution in [2.24, 2.45) is 5.73 Å². The maximum absolute atomic E-state index is 6.22. The zero-order valence-corrected chi connectivity index (χ0v) is 12.1. The van der Waals surface area contributed by atoms with E-state index in [0.29, 0.717) is 18.2 Å². The Morgan fingerprint density at radius 3 is 2.84 bits per heavy atom. The topological polar surface area (TPSA) is 47.7 Å². The number of rotatable bonds is 2. The smallest absolute Gasteiger partial charge is 0.0731 e. The standard InChI is InChI=1S/C15H28N2O2/c1-12-10-15(11-16,6-8-18-12)17-7-9-19-14-5-3-2-4-13(14)17/h12-14H,2-11,16H2,1H3. The molecule has 0 radical (unpaired) electrons. The third-order valence-electron chi connectivity index (χ3n) is 5.36. The van der Waals surface area contributed by atoms with Gasteiger partial charge in [-0.3, -0.25) is 4.90 Å². The maximum Gasteiger partial charge on any atom is 0.0731 e. The predicted molar refractivity (Wildman–Crippen MR) is 75.1 cm³/mol. The first-order valence-corrected chi connectivity index (χ1v) is 7.95. The van der Waals surface area contributed by atoms with Crippen molar-refractivity contribution < 1.29 is 9.47 Å². The van der Waals surface area contributed by atoms with Gasteiger partial charge in [-0.15, -0.1) is 0 Å². The minimum Gasteiger partial charge on any atom is -0.378 e. The first-order valence-electron chi connectivity index (χ1n) is 7.95. The van der Waals surface area contributed by atoms with E-state index in [-0.39, 0.29) is 5.54 Å². The molecule has 0 bridgehead atoms. The van der Waals surface area contributed by atoms with Crippen LogP contribution in [0.2, 0.25) is 0 Å². The molecule has 2 heterocycles. The summed E-state index contributed by atoms with van der Waals surface area (Å²) in [5, 5.41) is 0. The van der Waals surface area contributed by atoms with Crippen LogP contribution in [0.25, 0.3) is 0 Å². The van der Waals surface area contributed by atoms with Crippen molar-refractivity contribution in [1.29, 1.82) is 0 Å². The number of nitrogens with two attached hydrogens (primary N) is 1. The van der Waals surface area contributed by atoms with Crippen molar-refractivity contribution in [2.75, 3.05) is 26.3 Å². The van der Waals surface area contributed by atoms with Gasteiger partial charge in [-0.05, 0) is 32.6 Å². The van der Waals surface area contributed by atoms with E-state index < -0.39 is 0 Å². The Kier molecular flexibility index (Phi) is 4.13. The number of morpholine rings is 1. The quantitative estimate of drug-likeness (QED) is 0.825. The van der Waals surface area contributed by atoms with E-state index in [9.17, 15) is 0 Å². The minimum atomic E-state index is 0.154. The zero-order chi connectivity index (χ0) is 13.3. The van der Waals surface area contributed by atoms with Crippen LogP contribution in [0.15, 0.2) is 0 Å². The molecule has 1 saturated carbocycles. The van der Waals surface area contributed by atoms with Crippen LogP contribution in [-0.2, 0) is 9.47 Å². The number of ether oxygens (including phenoxy) is 2. The van der Waals surface area contributed by atoms with Gasteiger partial charge in [-0.25, -0.2) is 0 Å². The summed E-state index contributed by atoms with van der Waals surface area (Å²) in [6, 6.07) is 0.594. The van der Waals surface area contributed by atoms with E-state index >= 15 is 0 Å². The van der Waals surface area contributed by atoms with Crippen LogP contribution < -0.4 is 5.73 Å². The van der Waals surface area contributed by atoms with Gasteiger partial charge < -0.3 is 15.2 Å². The van der Waals surface area contributed by atoms with Gasteiger partial charge in [0.2, 0.25) is 0 Å². The van der Waals surface area contributed by atoms with Gasteiger partial charge in [0.1, 0.15) is 0 Å². The molecule has 0 aromatic rings. The van der Waals surface area contributed by atoms with Gasteiger partial charge >= 0.3 is 0 Å². The number of nitrogens with zero attached hydrogens (tertiary/aromatic N) is 1. The first-order chi connectivity index (χ1) is 9.25. The van der Waals surface area contributed by atoms with Crippen molar-refractivity contribution in [3.05, 3.63) is 0 Å². The molecule has 4 unspecified atom stereocenters. The molecular formula is C15H28N2O2. The van der Waals surface area contributed by atoms with Crippen LogP contribution in [0.4, 0.5) is 0 Å². The summed E-state index contributed by atoms with van der Waals surface area (Å²) in [6.45, 7) is 5.71. The van der Waals surface area contributed by atoms with Gasteiger partial charge in [0, 0.05) is 31.3 Å². The van der Waals surface area contributed by atoms with Crippen molar-refractivity contribution in [2.45, 2.75) is 69.2 Å². The average Bonchev–Trinajstić information content (AvgIpc) is 2.46. The van der Waals surface area contributed by atoms with Crippen molar-refractivity contribution >= 4 is 0 Å². The van der Waals surface area contributed by atoms with Gasteiger partial charge in [-0.2, -0.15) is 0 Å². The molecule has 0 aromatic carbocycles. The maximum atomic E-state index is 6.22. The fraction of sp³-hybridized carbons (Fsp3) is 1.00. The molecule has 4 nitrogen and oxygen atoms in total. The molecule has 2 saturated heterocycles. The molecule has 3 aliphatic rings. The molecule has 0 amide bonds. The van der Waals surface area contributed by atoms with E-state index in [1.54, 1.807) is 0 Å². The zero-order valence-electron chi connectivity index (χ0n) is 12.1. The van der Waals surface area contributed by atoms with Crippen LogP contribution in [0.3, 0.4) is 0 Å². The van der Waals surface area contributed by atoms with E-state index in [4.69, 9.17) is 15.2 Å². The average molecular weight is 268 g/mol. The summed E-state index contributed by atoms with van der Waals surface area (Å²) < 4.78 is 11.8. The highest BCUT2D eigenvalue weighted by Crippen LogP contribution is 2.38. The lowest BCUT2D eigenvalue weighted by Crippen LogP contribution is -2.66. The van der Waals surface area contributed by atoms with Gasteiger partial charge in [-0.1, -0.05) is 12.8 Å². The summed E-state index contributed by atoms with van der Waals surface area (Å²) in [5.74, 6) is 0. The molecule has 19 heavy (non-hydrogen) atoms. The highest BCUT2D eigenvalue weighted by atomic mass is 16.5. The van der Waals surface area contributed by atoms with Crippen LogP contribution in [0, 0.1) is 0 Å². The van der Waals surface area contributed by atoms with Gasteiger partial charge in [0.25, 0.3) is 0 Å². The third-order valence-corrected chi connectivity index (χ3v) is 5.36.